The van der Waals surface area contributed by atoms with Gasteiger partial charge in [-0.1, -0.05) is 24.3 Å². The zero-order chi connectivity index (χ0) is 11.5. The lowest BCUT2D eigenvalue weighted by atomic mass is 10.1. The quantitative estimate of drug-likeness (QED) is 0.822. The van der Waals surface area contributed by atoms with Crippen LogP contribution in [0.2, 0.25) is 0 Å². The number of amides is 1. The molecule has 0 bridgehead atoms. The maximum atomic E-state index is 10.8. The third kappa shape index (κ3) is 2.08. The molecular weight excluding hydrogens is 204 g/mol. The zero-order valence-corrected chi connectivity index (χ0v) is 8.92. The van der Waals surface area contributed by atoms with Crippen molar-refractivity contribution >= 4 is 5.91 Å². The summed E-state index contributed by atoms with van der Waals surface area (Å²) in [4.78, 5) is 14.6. The summed E-state index contributed by atoms with van der Waals surface area (Å²) >= 11 is 0. The predicted molar refractivity (Wildman–Crippen MR) is 58.8 cm³/mol. The number of benzene rings is 1. The lowest BCUT2D eigenvalue weighted by Gasteiger charge is -2.04. The maximum absolute atomic E-state index is 10.8. The van der Waals surface area contributed by atoms with Crippen LogP contribution < -0.4 is 5.73 Å². The molecule has 1 aromatic carbocycles. The van der Waals surface area contributed by atoms with Gasteiger partial charge >= 0.3 is 0 Å². The van der Waals surface area contributed by atoms with Crippen LogP contribution in [-0.2, 0) is 6.54 Å². The normalized spacial score (nSPS) is 10.3. The molecule has 82 valence electrons. The number of aromatic nitrogens is 3. The van der Waals surface area contributed by atoms with Crippen LogP contribution in [0.4, 0.5) is 0 Å². The number of hydrogen-bond donors (Lipinski definition) is 1. The van der Waals surface area contributed by atoms with Crippen molar-refractivity contribution < 1.29 is 4.79 Å². The average Bonchev–Trinajstić information content (AvgIpc) is 2.70. The van der Waals surface area contributed by atoms with Gasteiger partial charge in [-0.25, -0.2) is 9.67 Å². The Morgan fingerprint density at radius 2 is 2.19 bits per heavy atom. The Balaban J connectivity index is 2.21. The van der Waals surface area contributed by atoms with Gasteiger partial charge in [-0.15, -0.1) is 5.10 Å². The van der Waals surface area contributed by atoms with Gasteiger partial charge in [-0.2, -0.15) is 0 Å². The molecule has 0 spiro atoms. The van der Waals surface area contributed by atoms with Crippen LogP contribution in [0.5, 0.6) is 0 Å². The first-order valence-electron chi connectivity index (χ1n) is 4.90. The van der Waals surface area contributed by atoms with Crippen LogP contribution in [0.1, 0.15) is 21.7 Å². The minimum Gasteiger partial charge on any atom is -0.363 e. The Labute approximate surface area is 92.9 Å². The number of rotatable bonds is 3. The first kappa shape index (κ1) is 10.4. The molecule has 0 radical (unpaired) electrons. The van der Waals surface area contributed by atoms with E-state index < -0.39 is 5.91 Å². The molecule has 0 aliphatic heterocycles. The third-order valence-electron chi connectivity index (χ3n) is 2.35. The van der Waals surface area contributed by atoms with Crippen LogP contribution in [0.25, 0.3) is 0 Å². The second-order valence-electron chi connectivity index (χ2n) is 3.56. The average molecular weight is 216 g/mol. The molecule has 2 aromatic rings. The van der Waals surface area contributed by atoms with Gasteiger partial charge < -0.3 is 5.73 Å². The second-order valence-corrected chi connectivity index (χ2v) is 3.56. The van der Waals surface area contributed by atoms with Gasteiger partial charge in [0, 0.05) is 0 Å². The van der Waals surface area contributed by atoms with Gasteiger partial charge in [0.15, 0.2) is 0 Å². The van der Waals surface area contributed by atoms with E-state index in [1.807, 2.05) is 31.2 Å². The molecule has 0 saturated carbocycles. The van der Waals surface area contributed by atoms with E-state index >= 15 is 0 Å². The van der Waals surface area contributed by atoms with Crippen LogP contribution in [0.15, 0.2) is 30.6 Å². The fourth-order valence-electron chi connectivity index (χ4n) is 1.45. The molecule has 0 unspecified atom stereocenters. The summed E-state index contributed by atoms with van der Waals surface area (Å²) in [6.45, 7) is 2.62. The van der Waals surface area contributed by atoms with Gasteiger partial charge in [-0.3, -0.25) is 4.79 Å². The summed E-state index contributed by atoms with van der Waals surface area (Å²) in [5, 5.41) is 3.98. The molecule has 2 N–H and O–H groups in total. The number of primary amides is 1. The van der Waals surface area contributed by atoms with Crippen molar-refractivity contribution in [2.45, 2.75) is 13.5 Å². The summed E-state index contributed by atoms with van der Waals surface area (Å²) in [5.41, 5.74) is 7.39. The highest BCUT2D eigenvalue weighted by atomic mass is 16.1. The van der Waals surface area contributed by atoms with Crippen LogP contribution in [0.3, 0.4) is 0 Å². The van der Waals surface area contributed by atoms with Crippen molar-refractivity contribution in [2.75, 3.05) is 0 Å². The number of nitrogens with zero attached hydrogens (tertiary/aromatic N) is 3. The number of carbonyl (C=O) groups excluding carboxylic acids is 1. The van der Waals surface area contributed by atoms with Crippen LogP contribution in [0, 0.1) is 6.92 Å². The van der Waals surface area contributed by atoms with Gasteiger partial charge in [-0.05, 0) is 18.1 Å². The molecule has 0 atom stereocenters. The molecule has 5 nitrogen and oxygen atoms in total. The van der Waals surface area contributed by atoms with Crippen molar-refractivity contribution in [1.82, 2.24) is 14.8 Å². The van der Waals surface area contributed by atoms with E-state index in [1.54, 1.807) is 4.68 Å². The number of hydrogen-bond acceptors (Lipinski definition) is 3. The number of aryl methyl sites for hydroxylation is 1. The molecule has 16 heavy (non-hydrogen) atoms. The molecule has 0 saturated heterocycles. The van der Waals surface area contributed by atoms with E-state index in [2.05, 4.69) is 10.1 Å². The minimum atomic E-state index is -0.608. The standard InChI is InChI=1S/C11H12N4O/c1-8-4-2-3-5-9(8)6-15-7-13-11(14-15)10(12)16/h2-5,7H,6H2,1H3,(H2,12,16). The summed E-state index contributed by atoms with van der Waals surface area (Å²) < 4.78 is 1.60. The largest absolute Gasteiger partial charge is 0.363 e. The Morgan fingerprint density at radius 1 is 1.44 bits per heavy atom. The molecule has 0 aliphatic carbocycles. The summed E-state index contributed by atoms with van der Waals surface area (Å²) in [7, 11) is 0. The van der Waals surface area contributed by atoms with Crippen LogP contribution in [-0.4, -0.2) is 20.7 Å². The molecule has 1 heterocycles. The van der Waals surface area contributed by atoms with E-state index in [0.29, 0.717) is 6.54 Å². The molecule has 0 fully saturated rings. The Morgan fingerprint density at radius 3 is 2.81 bits per heavy atom. The molecule has 1 amide bonds. The first-order chi connectivity index (χ1) is 7.66. The molecule has 5 heteroatoms. The SMILES string of the molecule is Cc1ccccc1Cn1cnc(C(N)=O)n1. The number of carbonyl (C=O) groups is 1. The van der Waals surface area contributed by atoms with Gasteiger partial charge in [0.2, 0.25) is 5.82 Å². The molecular formula is C11H12N4O. The third-order valence-corrected chi connectivity index (χ3v) is 2.35. The lowest BCUT2D eigenvalue weighted by Crippen LogP contribution is -2.14. The van der Waals surface area contributed by atoms with E-state index in [1.165, 1.54) is 11.9 Å². The lowest BCUT2D eigenvalue weighted by molar-refractivity contribution is 0.0990. The Bertz CT molecular complexity index is 518. The first-order valence-corrected chi connectivity index (χ1v) is 4.90. The minimum absolute atomic E-state index is 0.0496. The van der Waals surface area contributed by atoms with E-state index in [-0.39, 0.29) is 5.82 Å². The van der Waals surface area contributed by atoms with Crippen molar-refractivity contribution in [3.63, 3.8) is 0 Å². The monoisotopic (exact) mass is 216 g/mol. The van der Waals surface area contributed by atoms with Gasteiger partial charge in [0.25, 0.3) is 5.91 Å². The molecule has 0 aliphatic rings. The van der Waals surface area contributed by atoms with Gasteiger partial charge in [0.05, 0.1) is 6.54 Å². The van der Waals surface area contributed by atoms with Crippen LogP contribution >= 0.6 is 0 Å². The molecule has 1 aromatic heterocycles. The molecule has 2 rings (SSSR count). The maximum Gasteiger partial charge on any atom is 0.288 e. The highest BCUT2D eigenvalue weighted by molar-refractivity contribution is 5.88. The fraction of sp³-hybridized carbons (Fsp3) is 0.182. The summed E-state index contributed by atoms with van der Waals surface area (Å²) in [6, 6.07) is 7.99. The van der Waals surface area contributed by atoms with Crippen molar-refractivity contribution in [3.05, 3.63) is 47.5 Å². The summed E-state index contributed by atoms with van der Waals surface area (Å²) in [6.07, 6.45) is 1.51. The van der Waals surface area contributed by atoms with Crippen molar-refractivity contribution in [1.29, 1.82) is 0 Å². The zero-order valence-electron chi connectivity index (χ0n) is 8.92. The Hall–Kier alpha value is -2.17. The predicted octanol–water partition coefficient (Wildman–Crippen LogP) is 0.734. The van der Waals surface area contributed by atoms with E-state index in [4.69, 9.17) is 5.73 Å². The topological polar surface area (TPSA) is 73.8 Å². The van der Waals surface area contributed by atoms with Crippen molar-refractivity contribution in [2.24, 2.45) is 5.73 Å². The van der Waals surface area contributed by atoms with Crippen molar-refractivity contribution in [3.8, 4) is 0 Å². The fourth-order valence-corrected chi connectivity index (χ4v) is 1.45. The van der Waals surface area contributed by atoms with E-state index in [9.17, 15) is 4.79 Å². The highest BCUT2D eigenvalue weighted by Crippen LogP contribution is 2.08. The highest BCUT2D eigenvalue weighted by Gasteiger charge is 2.07. The Kier molecular flexibility index (Phi) is 2.68. The number of nitrogens with two attached hydrogens (primary N) is 1. The summed E-state index contributed by atoms with van der Waals surface area (Å²) in [5.74, 6) is -0.558. The second kappa shape index (κ2) is 4.14. The smallest absolute Gasteiger partial charge is 0.288 e. The van der Waals surface area contributed by atoms with E-state index in [0.717, 1.165) is 5.56 Å². The van der Waals surface area contributed by atoms with Gasteiger partial charge in [0.1, 0.15) is 6.33 Å².